The fourth-order valence-electron chi connectivity index (χ4n) is 5.86. The van der Waals surface area contributed by atoms with Crippen molar-refractivity contribution in [3.63, 3.8) is 0 Å². The van der Waals surface area contributed by atoms with E-state index < -0.39 is 17.3 Å². The number of hydrogen-bond donors (Lipinski definition) is 2. The lowest BCUT2D eigenvalue weighted by Crippen LogP contribution is -2.49. The van der Waals surface area contributed by atoms with Gasteiger partial charge in [-0.1, -0.05) is 30.3 Å². The topological polar surface area (TPSA) is 67.2 Å². The van der Waals surface area contributed by atoms with Gasteiger partial charge in [0, 0.05) is 41.6 Å². The molecule has 6 rings (SSSR count). The van der Waals surface area contributed by atoms with Crippen molar-refractivity contribution in [3.05, 3.63) is 81.3 Å². The van der Waals surface area contributed by atoms with E-state index in [9.17, 15) is 22.8 Å². The van der Waals surface area contributed by atoms with E-state index in [1.165, 1.54) is 18.6 Å². The van der Waals surface area contributed by atoms with Crippen molar-refractivity contribution in [2.24, 2.45) is 0 Å². The minimum absolute atomic E-state index is 0.0617. The van der Waals surface area contributed by atoms with Crippen molar-refractivity contribution in [1.82, 2.24) is 19.8 Å². The van der Waals surface area contributed by atoms with Gasteiger partial charge in [-0.3, -0.25) is 14.2 Å². The highest BCUT2D eigenvalue weighted by Crippen LogP contribution is 2.42. The molecule has 42 heavy (non-hydrogen) atoms. The molecule has 11 heteroatoms. The molecule has 1 aromatic heterocycles. The molecule has 0 radical (unpaired) electrons. The summed E-state index contributed by atoms with van der Waals surface area (Å²) in [5.74, 6) is -0.0617. The number of hydrogen-bond acceptors (Lipinski definition) is 6. The molecule has 1 N–H and O–H groups in total. The van der Waals surface area contributed by atoms with Crippen LogP contribution in [0.25, 0.3) is 5.69 Å². The van der Waals surface area contributed by atoms with E-state index in [4.69, 9.17) is 4.98 Å². The predicted octanol–water partition coefficient (Wildman–Crippen LogP) is 6.13. The van der Waals surface area contributed by atoms with Crippen molar-refractivity contribution in [3.8, 4) is 5.69 Å². The molecular weight excluding hydrogens is 581 g/mol. The molecule has 2 heterocycles. The maximum absolute atomic E-state index is 13.9. The number of nitrogens with one attached hydrogen (secondary N) is 1. The van der Waals surface area contributed by atoms with Crippen molar-refractivity contribution in [2.75, 3.05) is 13.1 Å². The number of aromatic nitrogens is 2. The Morgan fingerprint density at radius 2 is 1.79 bits per heavy atom. The van der Waals surface area contributed by atoms with Crippen molar-refractivity contribution in [1.29, 1.82) is 0 Å². The third-order valence-corrected chi connectivity index (χ3v) is 10.3. The Kier molecular flexibility index (Phi) is 8.19. The first-order chi connectivity index (χ1) is 20.1. The fourth-order valence-corrected chi connectivity index (χ4v) is 7.33. The van der Waals surface area contributed by atoms with E-state index in [0.717, 1.165) is 66.1 Å². The molecule has 3 aromatic rings. The monoisotopic (exact) mass is 614 g/mol. The highest BCUT2D eigenvalue weighted by molar-refractivity contribution is 7.99. The number of thiol groups is 1. The number of carbonyl (C=O) groups excluding carboxylic acids is 1. The summed E-state index contributed by atoms with van der Waals surface area (Å²) in [7, 11) is 0. The molecule has 0 atom stereocenters. The van der Waals surface area contributed by atoms with E-state index in [-0.39, 0.29) is 24.4 Å². The molecule has 2 saturated carbocycles. The molecule has 0 saturated heterocycles. The Hall–Kier alpha value is -2.76. The Bertz CT molecular complexity index is 1520. The predicted molar refractivity (Wildman–Crippen MR) is 159 cm³/mol. The maximum Gasteiger partial charge on any atom is 0.416 e. The quantitative estimate of drug-likeness (QED) is 0.236. The van der Waals surface area contributed by atoms with Gasteiger partial charge < -0.3 is 10.2 Å². The van der Waals surface area contributed by atoms with Gasteiger partial charge in [0.15, 0.2) is 5.16 Å². The number of rotatable bonds is 8. The normalized spacial score (nSPS) is 18.2. The SMILES string of the molecule is O=C(CCNC1(c2ccc(C(F)(F)F)cc2)CCC1)N1CCc2nc(SC3CCC3)n(-c3ccc(S)cc3)c(=O)c2C1. The molecule has 1 amide bonds. The van der Waals surface area contributed by atoms with Crippen LogP contribution in [0.15, 0.2) is 63.4 Å². The lowest BCUT2D eigenvalue weighted by atomic mass is 9.71. The lowest BCUT2D eigenvalue weighted by molar-refractivity contribution is -0.137. The van der Waals surface area contributed by atoms with E-state index in [0.29, 0.717) is 35.5 Å². The minimum atomic E-state index is -4.37. The summed E-state index contributed by atoms with van der Waals surface area (Å²) >= 11 is 6.04. The number of nitrogens with zero attached hydrogens (tertiary/aromatic N) is 3. The molecule has 3 aliphatic rings. The molecule has 6 nitrogen and oxygen atoms in total. The molecule has 0 bridgehead atoms. The Balaban J connectivity index is 1.15. The van der Waals surface area contributed by atoms with Gasteiger partial charge in [0.2, 0.25) is 5.91 Å². The average Bonchev–Trinajstić information content (AvgIpc) is 2.92. The van der Waals surface area contributed by atoms with Gasteiger partial charge in [-0.25, -0.2) is 4.98 Å². The zero-order valence-electron chi connectivity index (χ0n) is 23.1. The second-order valence-electron chi connectivity index (χ2n) is 11.4. The molecular formula is C31H33F3N4O2S2. The van der Waals surface area contributed by atoms with Crippen LogP contribution in [0.4, 0.5) is 13.2 Å². The standard InChI is InChI=1S/C31H33F3N4O2S2/c32-31(33,34)21-7-5-20(6-8-21)30(15-2-16-30)35-17-13-27(39)37-18-14-26-25(19-37)28(40)38(22-9-11-23(41)12-10-22)29(36-26)42-24-3-1-4-24/h5-12,24,35,41H,1-4,13-19H2. The van der Waals surface area contributed by atoms with Gasteiger partial charge in [0.25, 0.3) is 5.56 Å². The summed E-state index contributed by atoms with van der Waals surface area (Å²) in [5.41, 5.74) is 1.65. The zero-order chi connectivity index (χ0) is 29.5. The third kappa shape index (κ3) is 5.88. The van der Waals surface area contributed by atoms with Crippen LogP contribution in [0, 0.1) is 0 Å². The summed E-state index contributed by atoms with van der Waals surface area (Å²) < 4.78 is 40.7. The van der Waals surface area contributed by atoms with Gasteiger partial charge in [0.1, 0.15) is 0 Å². The first-order valence-electron chi connectivity index (χ1n) is 14.4. The first kappa shape index (κ1) is 29.3. The van der Waals surface area contributed by atoms with E-state index >= 15 is 0 Å². The first-order valence-corrected chi connectivity index (χ1v) is 15.8. The van der Waals surface area contributed by atoms with Gasteiger partial charge in [-0.2, -0.15) is 13.2 Å². The average molecular weight is 615 g/mol. The summed E-state index contributed by atoms with van der Waals surface area (Å²) in [6, 6.07) is 12.8. The number of carbonyl (C=O) groups is 1. The summed E-state index contributed by atoms with van der Waals surface area (Å²) in [4.78, 5) is 34.6. The van der Waals surface area contributed by atoms with Crippen LogP contribution in [0.3, 0.4) is 0 Å². The minimum Gasteiger partial charge on any atom is -0.338 e. The number of halogens is 3. The van der Waals surface area contributed by atoms with Gasteiger partial charge in [-0.15, -0.1) is 12.6 Å². The zero-order valence-corrected chi connectivity index (χ0v) is 24.8. The van der Waals surface area contributed by atoms with E-state index in [1.807, 2.05) is 24.3 Å². The molecule has 1 aliphatic heterocycles. The highest BCUT2D eigenvalue weighted by Gasteiger charge is 2.39. The van der Waals surface area contributed by atoms with Crippen molar-refractivity contribution < 1.29 is 18.0 Å². The molecule has 2 aromatic carbocycles. The van der Waals surface area contributed by atoms with Crippen LogP contribution < -0.4 is 10.9 Å². The third-order valence-electron chi connectivity index (χ3n) is 8.76. The Labute approximate surface area is 252 Å². The van der Waals surface area contributed by atoms with Gasteiger partial charge in [0.05, 0.1) is 29.1 Å². The molecule has 2 fully saturated rings. The van der Waals surface area contributed by atoms with Crippen LogP contribution in [-0.2, 0) is 29.5 Å². The number of fused-ring (bicyclic) bond motifs is 1. The Morgan fingerprint density at radius 3 is 2.38 bits per heavy atom. The maximum atomic E-state index is 13.9. The highest BCUT2D eigenvalue weighted by atomic mass is 32.2. The molecule has 2 aliphatic carbocycles. The van der Waals surface area contributed by atoms with Crippen LogP contribution >= 0.6 is 24.4 Å². The van der Waals surface area contributed by atoms with Gasteiger partial charge >= 0.3 is 6.18 Å². The smallest absolute Gasteiger partial charge is 0.338 e. The second-order valence-corrected chi connectivity index (χ2v) is 13.2. The van der Waals surface area contributed by atoms with Crippen LogP contribution in [0.1, 0.15) is 67.3 Å². The van der Waals surface area contributed by atoms with Crippen LogP contribution in [-0.4, -0.2) is 38.7 Å². The Morgan fingerprint density at radius 1 is 1.07 bits per heavy atom. The van der Waals surface area contributed by atoms with Crippen LogP contribution in [0.2, 0.25) is 0 Å². The molecule has 0 unspecified atom stereocenters. The van der Waals surface area contributed by atoms with E-state index in [1.54, 1.807) is 21.2 Å². The number of amides is 1. The number of alkyl halides is 3. The van der Waals surface area contributed by atoms with E-state index in [2.05, 4.69) is 17.9 Å². The number of benzene rings is 2. The molecule has 0 spiro atoms. The van der Waals surface area contributed by atoms with Crippen LogP contribution in [0.5, 0.6) is 0 Å². The van der Waals surface area contributed by atoms with Crippen molar-refractivity contribution in [2.45, 2.75) is 84.9 Å². The fraction of sp³-hybridized carbons (Fsp3) is 0.452. The summed E-state index contributed by atoms with van der Waals surface area (Å²) in [6.45, 7) is 1.11. The summed E-state index contributed by atoms with van der Waals surface area (Å²) in [6.07, 6.45) is 2.40. The number of thioether (sulfide) groups is 1. The lowest BCUT2D eigenvalue weighted by Gasteiger charge is -2.43. The summed E-state index contributed by atoms with van der Waals surface area (Å²) in [5, 5.41) is 4.63. The second kappa shape index (κ2) is 11.7. The van der Waals surface area contributed by atoms with Crippen molar-refractivity contribution >= 4 is 30.3 Å². The largest absolute Gasteiger partial charge is 0.416 e. The van der Waals surface area contributed by atoms with Gasteiger partial charge in [-0.05, 0) is 74.1 Å². The molecule has 222 valence electrons.